The van der Waals surface area contributed by atoms with Gasteiger partial charge in [0.2, 0.25) is 0 Å². The summed E-state index contributed by atoms with van der Waals surface area (Å²) in [5.41, 5.74) is 0.931. The van der Waals surface area contributed by atoms with Crippen LogP contribution in [0.4, 0.5) is 4.39 Å². The van der Waals surface area contributed by atoms with Crippen LogP contribution in [0.5, 0.6) is 0 Å². The van der Waals surface area contributed by atoms with Crippen molar-refractivity contribution in [2.75, 3.05) is 53.0 Å². The lowest BCUT2D eigenvalue weighted by Gasteiger charge is -2.31. The van der Waals surface area contributed by atoms with Gasteiger partial charge in [-0.05, 0) is 36.6 Å². The molecule has 6 nitrogen and oxygen atoms in total. The quantitative estimate of drug-likeness (QED) is 0.762. The van der Waals surface area contributed by atoms with E-state index in [0.717, 1.165) is 12.1 Å². The highest BCUT2D eigenvalue weighted by Crippen LogP contribution is 2.45. The number of ether oxygens (including phenoxy) is 1. The number of nitrogens with zero attached hydrogens (tertiary/aromatic N) is 3. The van der Waals surface area contributed by atoms with Gasteiger partial charge in [-0.2, -0.15) is 17.0 Å². The van der Waals surface area contributed by atoms with Gasteiger partial charge in [-0.1, -0.05) is 12.1 Å². The standard InChI is InChI=1S/C17H24FN3O3S.ClH/c1-19-10-14-11-21(25(22,23)20-5-7-24-8-6-20)12-16(14)17(19)13-3-2-4-15(18)9-13;/h2-4,9,14,16-17H,5-8,10-12H2,1H3;1H/t14-,16+,17-;/m0./s1. The van der Waals surface area contributed by atoms with Crippen LogP contribution in [-0.2, 0) is 14.9 Å². The Morgan fingerprint density at radius 3 is 2.54 bits per heavy atom. The Morgan fingerprint density at radius 1 is 1.12 bits per heavy atom. The maximum absolute atomic E-state index is 13.7. The van der Waals surface area contributed by atoms with Gasteiger partial charge in [-0.3, -0.25) is 4.90 Å². The highest BCUT2D eigenvalue weighted by Gasteiger charge is 2.50. The van der Waals surface area contributed by atoms with Crippen LogP contribution in [0.1, 0.15) is 11.6 Å². The van der Waals surface area contributed by atoms with E-state index in [-0.39, 0.29) is 36.1 Å². The van der Waals surface area contributed by atoms with Gasteiger partial charge in [0.1, 0.15) is 5.82 Å². The molecular weight excluding hydrogens is 381 g/mol. The molecule has 0 radical (unpaired) electrons. The summed E-state index contributed by atoms with van der Waals surface area (Å²) in [6, 6.07) is 6.74. The lowest BCUT2D eigenvalue weighted by molar-refractivity contribution is 0.0703. The molecule has 1 aromatic carbocycles. The molecule has 3 saturated heterocycles. The molecule has 9 heteroatoms. The number of rotatable bonds is 3. The Hall–Kier alpha value is -0.770. The van der Waals surface area contributed by atoms with E-state index in [2.05, 4.69) is 4.90 Å². The normalized spacial score (nSPS) is 30.9. The summed E-state index contributed by atoms with van der Waals surface area (Å²) in [5.74, 6) is 0.238. The maximum atomic E-state index is 13.7. The average molecular weight is 406 g/mol. The fraction of sp³-hybridized carbons (Fsp3) is 0.647. The molecule has 3 aliphatic rings. The molecule has 3 heterocycles. The van der Waals surface area contributed by atoms with Crippen molar-refractivity contribution in [2.24, 2.45) is 11.8 Å². The minimum atomic E-state index is -3.44. The molecule has 26 heavy (non-hydrogen) atoms. The van der Waals surface area contributed by atoms with E-state index in [9.17, 15) is 12.8 Å². The Balaban J connectivity index is 0.00000196. The fourth-order valence-electron chi connectivity index (χ4n) is 4.54. The smallest absolute Gasteiger partial charge is 0.282 e. The van der Waals surface area contributed by atoms with Crippen molar-refractivity contribution in [3.8, 4) is 0 Å². The minimum absolute atomic E-state index is 0. The first kappa shape index (κ1) is 20.0. The van der Waals surface area contributed by atoms with Crippen molar-refractivity contribution in [1.29, 1.82) is 0 Å². The second-order valence-corrected chi connectivity index (χ2v) is 9.13. The van der Waals surface area contributed by atoms with Gasteiger partial charge in [-0.25, -0.2) is 4.39 Å². The third-order valence-corrected chi connectivity index (χ3v) is 7.64. The van der Waals surface area contributed by atoms with Crippen LogP contribution in [-0.4, -0.2) is 74.9 Å². The van der Waals surface area contributed by atoms with Crippen LogP contribution in [0.3, 0.4) is 0 Å². The molecule has 0 aliphatic carbocycles. The first-order chi connectivity index (χ1) is 12.0. The highest BCUT2D eigenvalue weighted by molar-refractivity contribution is 7.86. The molecule has 146 valence electrons. The Kier molecular flexibility index (Phi) is 5.91. The molecule has 3 fully saturated rings. The molecule has 0 unspecified atom stereocenters. The van der Waals surface area contributed by atoms with Crippen molar-refractivity contribution in [1.82, 2.24) is 13.5 Å². The van der Waals surface area contributed by atoms with Crippen LogP contribution in [0.25, 0.3) is 0 Å². The number of morpholine rings is 1. The molecule has 0 aromatic heterocycles. The van der Waals surface area contributed by atoms with E-state index in [0.29, 0.717) is 39.4 Å². The molecule has 0 bridgehead atoms. The third-order valence-electron chi connectivity index (χ3n) is 5.67. The summed E-state index contributed by atoms with van der Waals surface area (Å²) in [5, 5.41) is 0. The molecule has 3 aliphatic heterocycles. The van der Waals surface area contributed by atoms with Gasteiger partial charge in [0.05, 0.1) is 13.2 Å². The summed E-state index contributed by atoms with van der Waals surface area (Å²) in [7, 11) is -1.40. The van der Waals surface area contributed by atoms with E-state index in [1.54, 1.807) is 16.4 Å². The van der Waals surface area contributed by atoms with Gasteiger partial charge < -0.3 is 4.74 Å². The van der Waals surface area contributed by atoms with E-state index < -0.39 is 10.2 Å². The van der Waals surface area contributed by atoms with E-state index >= 15 is 0 Å². The molecule has 0 spiro atoms. The van der Waals surface area contributed by atoms with Crippen molar-refractivity contribution in [3.05, 3.63) is 35.6 Å². The largest absolute Gasteiger partial charge is 0.379 e. The lowest BCUT2D eigenvalue weighted by Crippen LogP contribution is -2.48. The van der Waals surface area contributed by atoms with Crippen molar-refractivity contribution >= 4 is 22.6 Å². The topological polar surface area (TPSA) is 53.1 Å². The van der Waals surface area contributed by atoms with E-state index in [1.165, 1.54) is 10.4 Å². The Morgan fingerprint density at radius 2 is 1.85 bits per heavy atom. The summed E-state index contributed by atoms with van der Waals surface area (Å²) in [6.07, 6.45) is 0. The first-order valence-corrected chi connectivity index (χ1v) is 10.1. The van der Waals surface area contributed by atoms with Gasteiger partial charge in [0.25, 0.3) is 10.2 Å². The molecule has 0 N–H and O–H groups in total. The fourth-order valence-corrected chi connectivity index (χ4v) is 6.22. The zero-order valence-corrected chi connectivity index (χ0v) is 16.4. The predicted octanol–water partition coefficient (Wildman–Crippen LogP) is 1.36. The summed E-state index contributed by atoms with van der Waals surface area (Å²) in [6.45, 7) is 3.61. The monoisotopic (exact) mass is 405 g/mol. The van der Waals surface area contributed by atoms with Gasteiger partial charge in [-0.15, -0.1) is 12.4 Å². The van der Waals surface area contributed by atoms with Gasteiger partial charge >= 0.3 is 0 Å². The summed E-state index contributed by atoms with van der Waals surface area (Å²) >= 11 is 0. The average Bonchev–Trinajstić information content (AvgIpc) is 3.12. The molecule has 0 saturated carbocycles. The SMILES string of the molecule is CN1C[C@H]2CN(S(=O)(=O)N3CCOCC3)C[C@H]2[C@@H]1c1cccc(F)c1.Cl. The molecule has 3 atom stereocenters. The van der Waals surface area contributed by atoms with Gasteiger partial charge in [0, 0.05) is 38.8 Å². The number of hydrogen-bond acceptors (Lipinski definition) is 4. The van der Waals surface area contributed by atoms with Crippen LogP contribution >= 0.6 is 12.4 Å². The number of halogens is 2. The summed E-state index contributed by atoms with van der Waals surface area (Å²) in [4.78, 5) is 2.23. The van der Waals surface area contributed by atoms with Crippen LogP contribution < -0.4 is 0 Å². The zero-order chi connectivity index (χ0) is 17.6. The summed E-state index contributed by atoms with van der Waals surface area (Å²) < 4.78 is 47.9. The minimum Gasteiger partial charge on any atom is -0.379 e. The number of hydrogen-bond donors (Lipinski definition) is 0. The maximum Gasteiger partial charge on any atom is 0.282 e. The lowest BCUT2D eigenvalue weighted by atomic mass is 9.89. The zero-order valence-electron chi connectivity index (χ0n) is 14.8. The van der Waals surface area contributed by atoms with E-state index in [1.807, 2.05) is 13.1 Å². The first-order valence-electron chi connectivity index (χ1n) is 8.75. The third kappa shape index (κ3) is 3.50. The Bertz CT molecular complexity index is 745. The van der Waals surface area contributed by atoms with Crippen molar-refractivity contribution in [2.45, 2.75) is 6.04 Å². The van der Waals surface area contributed by atoms with Crippen LogP contribution in [0.15, 0.2) is 24.3 Å². The molecular formula is C17H25ClFN3O3S. The number of likely N-dealkylation sites (tertiary alicyclic amines) is 1. The molecule has 0 amide bonds. The van der Waals surface area contributed by atoms with Crippen LogP contribution in [0, 0.1) is 17.7 Å². The number of benzene rings is 1. The van der Waals surface area contributed by atoms with E-state index in [4.69, 9.17) is 4.74 Å². The Labute approximate surface area is 160 Å². The second kappa shape index (κ2) is 7.69. The predicted molar refractivity (Wildman–Crippen MR) is 98.9 cm³/mol. The van der Waals surface area contributed by atoms with Crippen LogP contribution in [0.2, 0.25) is 0 Å². The highest BCUT2D eigenvalue weighted by atomic mass is 35.5. The van der Waals surface area contributed by atoms with Crippen molar-refractivity contribution in [3.63, 3.8) is 0 Å². The molecule has 1 aromatic rings. The number of fused-ring (bicyclic) bond motifs is 1. The van der Waals surface area contributed by atoms with Crippen molar-refractivity contribution < 1.29 is 17.5 Å². The van der Waals surface area contributed by atoms with Gasteiger partial charge in [0.15, 0.2) is 0 Å². The molecule has 4 rings (SSSR count). The second-order valence-electron chi connectivity index (χ2n) is 7.20.